The van der Waals surface area contributed by atoms with Crippen molar-refractivity contribution in [1.82, 2.24) is 5.32 Å². The van der Waals surface area contributed by atoms with E-state index in [9.17, 15) is 0 Å². The molecule has 0 spiro atoms. The molecule has 0 radical (unpaired) electrons. The van der Waals surface area contributed by atoms with E-state index in [0.717, 1.165) is 18.8 Å². The van der Waals surface area contributed by atoms with E-state index in [-0.39, 0.29) is 0 Å². The second-order valence-electron chi connectivity index (χ2n) is 5.71. The number of para-hydroxylation sites is 1. The number of nitrogens with one attached hydrogen (secondary N) is 1. The van der Waals surface area contributed by atoms with Gasteiger partial charge in [-0.25, -0.2) is 0 Å². The molecule has 2 aromatic rings. The Hall–Kier alpha value is -1.80. The summed E-state index contributed by atoms with van der Waals surface area (Å²) < 4.78 is 5.84. The molecule has 1 aliphatic rings. The lowest BCUT2D eigenvalue weighted by Crippen LogP contribution is -2.24. The van der Waals surface area contributed by atoms with E-state index < -0.39 is 0 Å². The molecule has 1 N–H and O–H groups in total. The van der Waals surface area contributed by atoms with Crippen molar-refractivity contribution < 1.29 is 4.74 Å². The van der Waals surface area contributed by atoms with Gasteiger partial charge < -0.3 is 10.1 Å². The Labute approximate surface area is 127 Å². The van der Waals surface area contributed by atoms with Gasteiger partial charge in [0.05, 0.1) is 6.61 Å². The highest BCUT2D eigenvalue weighted by Gasteiger charge is 2.31. The lowest BCUT2D eigenvalue weighted by molar-refractivity contribution is 0.304. The zero-order chi connectivity index (χ0) is 14.7. The van der Waals surface area contributed by atoms with Crippen LogP contribution in [0.15, 0.2) is 48.5 Å². The molecule has 1 heterocycles. The van der Waals surface area contributed by atoms with Crippen LogP contribution in [0, 0.1) is 0 Å². The van der Waals surface area contributed by atoms with Crippen LogP contribution < -0.4 is 10.1 Å². The van der Waals surface area contributed by atoms with Gasteiger partial charge in [0, 0.05) is 17.5 Å². The third-order valence-electron chi connectivity index (χ3n) is 4.33. The molecule has 0 fully saturated rings. The topological polar surface area (TPSA) is 21.3 Å². The zero-order valence-corrected chi connectivity index (χ0v) is 12.8. The molecule has 0 aromatic heterocycles. The summed E-state index contributed by atoms with van der Waals surface area (Å²) in [7, 11) is 2.03. The molecular weight excluding hydrogens is 258 g/mol. The summed E-state index contributed by atoms with van der Waals surface area (Å²) in [5, 5.41) is 3.47. The van der Waals surface area contributed by atoms with Gasteiger partial charge in [-0.05, 0) is 30.7 Å². The van der Waals surface area contributed by atoms with Crippen molar-refractivity contribution in [2.75, 3.05) is 13.7 Å². The second kappa shape index (κ2) is 6.31. The van der Waals surface area contributed by atoms with Crippen LogP contribution >= 0.6 is 0 Å². The normalized spacial score (nSPS) is 18.1. The van der Waals surface area contributed by atoms with Crippen molar-refractivity contribution >= 4 is 0 Å². The summed E-state index contributed by atoms with van der Waals surface area (Å²) in [6, 6.07) is 17.7. The van der Waals surface area contributed by atoms with Crippen molar-refractivity contribution in [1.29, 1.82) is 0 Å². The SMILES string of the molecule is CCCc1ccc(C(NC)C2COc3ccccc32)cc1. The first-order chi connectivity index (χ1) is 10.3. The van der Waals surface area contributed by atoms with Gasteiger partial charge in [-0.15, -0.1) is 0 Å². The smallest absolute Gasteiger partial charge is 0.122 e. The fourth-order valence-corrected chi connectivity index (χ4v) is 3.24. The summed E-state index contributed by atoms with van der Waals surface area (Å²) in [6.07, 6.45) is 2.35. The van der Waals surface area contributed by atoms with Gasteiger partial charge in [-0.1, -0.05) is 55.8 Å². The summed E-state index contributed by atoms with van der Waals surface area (Å²) in [5.74, 6) is 1.41. The fourth-order valence-electron chi connectivity index (χ4n) is 3.24. The molecule has 2 atom stereocenters. The molecule has 2 unspecified atom stereocenters. The molecule has 3 rings (SSSR count). The Balaban J connectivity index is 1.85. The Morgan fingerprint density at radius 3 is 2.62 bits per heavy atom. The maximum atomic E-state index is 5.84. The first kappa shape index (κ1) is 14.2. The lowest BCUT2D eigenvalue weighted by atomic mass is 9.88. The van der Waals surface area contributed by atoms with E-state index in [1.54, 1.807) is 0 Å². The van der Waals surface area contributed by atoms with E-state index in [1.165, 1.54) is 23.1 Å². The Kier molecular flexibility index (Phi) is 4.26. The van der Waals surface area contributed by atoms with Crippen LogP contribution in [0.1, 0.15) is 42.0 Å². The monoisotopic (exact) mass is 281 g/mol. The quantitative estimate of drug-likeness (QED) is 0.891. The molecule has 0 aliphatic carbocycles. The summed E-state index contributed by atoms with van der Waals surface area (Å²) in [5.41, 5.74) is 4.07. The average Bonchev–Trinajstić information content (AvgIpc) is 2.94. The third-order valence-corrected chi connectivity index (χ3v) is 4.33. The van der Waals surface area contributed by atoms with Gasteiger partial charge in [0.2, 0.25) is 0 Å². The highest BCUT2D eigenvalue weighted by molar-refractivity contribution is 5.42. The standard InChI is InChI=1S/C19H23NO/c1-3-6-14-9-11-15(12-10-14)19(20-2)17-13-21-18-8-5-4-7-16(17)18/h4-5,7-12,17,19-20H,3,6,13H2,1-2H3. The number of aryl methyl sites for hydroxylation is 1. The predicted molar refractivity (Wildman–Crippen MR) is 86.9 cm³/mol. The van der Waals surface area contributed by atoms with Crippen LogP contribution in [0.3, 0.4) is 0 Å². The van der Waals surface area contributed by atoms with Gasteiger partial charge in [0.1, 0.15) is 5.75 Å². The molecule has 0 bridgehead atoms. The summed E-state index contributed by atoms with van der Waals surface area (Å²) >= 11 is 0. The highest BCUT2D eigenvalue weighted by Crippen LogP contribution is 2.40. The minimum Gasteiger partial charge on any atom is -0.493 e. The molecule has 2 nitrogen and oxygen atoms in total. The second-order valence-corrected chi connectivity index (χ2v) is 5.71. The fraction of sp³-hybridized carbons (Fsp3) is 0.368. The minimum absolute atomic E-state index is 0.296. The van der Waals surface area contributed by atoms with Crippen LogP contribution in [-0.2, 0) is 6.42 Å². The first-order valence-corrected chi connectivity index (χ1v) is 7.81. The third kappa shape index (κ3) is 2.81. The van der Waals surface area contributed by atoms with E-state index in [0.29, 0.717) is 12.0 Å². The molecule has 21 heavy (non-hydrogen) atoms. The first-order valence-electron chi connectivity index (χ1n) is 7.81. The number of hydrogen-bond acceptors (Lipinski definition) is 2. The number of hydrogen-bond donors (Lipinski definition) is 1. The molecule has 0 saturated carbocycles. The van der Waals surface area contributed by atoms with E-state index >= 15 is 0 Å². The van der Waals surface area contributed by atoms with Crippen LogP contribution in [0.5, 0.6) is 5.75 Å². The molecule has 0 amide bonds. The molecule has 110 valence electrons. The van der Waals surface area contributed by atoms with Gasteiger partial charge in [0.15, 0.2) is 0 Å². The largest absolute Gasteiger partial charge is 0.493 e. The van der Waals surface area contributed by atoms with Crippen LogP contribution in [0.2, 0.25) is 0 Å². The maximum Gasteiger partial charge on any atom is 0.122 e. The number of rotatable bonds is 5. The van der Waals surface area contributed by atoms with Gasteiger partial charge in [-0.2, -0.15) is 0 Å². The van der Waals surface area contributed by atoms with E-state index in [1.807, 2.05) is 13.1 Å². The van der Waals surface area contributed by atoms with Crippen molar-refractivity contribution in [3.63, 3.8) is 0 Å². The minimum atomic E-state index is 0.296. The van der Waals surface area contributed by atoms with Crippen LogP contribution in [-0.4, -0.2) is 13.7 Å². The van der Waals surface area contributed by atoms with Crippen molar-refractivity contribution in [2.45, 2.75) is 31.7 Å². The molecule has 1 aliphatic heterocycles. The van der Waals surface area contributed by atoms with E-state index in [2.05, 4.69) is 54.7 Å². The van der Waals surface area contributed by atoms with Gasteiger partial charge >= 0.3 is 0 Å². The number of benzene rings is 2. The summed E-state index contributed by atoms with van der Waals surface area (Å²) in [6.45, 7) is 2.97. The highest BCUT2D eigenvalue weighted by atomic mass is 16.5. The Morgan fingerprint density at radius 2 is 1.90 bits per heavy atom. The van der Waals surface area contributed by atoms with E-state index in [4.69, 9.17) is 4.74 Å². The van der Waals surface area contributed by atoms with Crippen LogP contribution in [0.4, 0.5) is 0 Å². The van der Waals surface area contributed by atoms with Gasteiger partial charge in [-0.3, -0.25) is 0 Å². The van der Waals surface area contributed by atoms with Crippen molar-refractivity contribution in [3.8, 4) is 5.75 Å². The molecule has 2 heteroatoms. The predicted octanol–water partition coefficient (Wildman–Crippen LogP) is 4.08. The number of ether oxygens (including phenoxy) is 1. The Bertz CT molecular complexity index is 591. The van der Waals surface area contributed by atoms with Crippen molar-refractivity contribution in [2.24, 2.45) is 0 Å². The molecule has 0 saturated heterocycles. The summed E-state index contributed by atoms with van der Waals surface area (Å²) in [4.78, 5) is 0. The zero-order valence-electron chi connectivity index (χ0n) is 12.8. The number of likely N-dealkylation sites (N-methyl/N-ethyl adjacent to an activating group) is 1. The number of fused-ring (bicyclic) bond motifs is 1. The maximum absolute atomic E-state index is 5.84. The lowest BCUT2D eigenvalue weighted by Gasteiger charge is -2.23. The van der Waals surface area contributed by atoms with Gasteiger partial charge in [0.25, 0.3) is 0 Å². The molecule has 2 aromatic carbocycles. The van der Waals surface area contributed by atoms with Crippen molar-refractivity contribution in [3.05, 3.63) is 65.2 Å². The van der Waals surface area contributed by atoms with Crippen LogP contribution in [0.25, 0.3) is 0 Å². The molecular formula is C19H23NO. The Morgan fingerprint density at radius 1 is 1.14 bits per heavy atom. The average molecular weight is 281 g/mol.